The smallest absolute Gasteiger partial charge is 0.246 e. The molecule has 55 heavy (non-hydrogen) atoms. The van der Waals surface area contributed by atoms with Gasteiger partial charge in [-0.1, -0.05) is 6.58 Å². The number of amides is 1. The highest BCUT2D eigenvalue weighted by Crippen LogP contribution is 2.07. The van der Waals surface area contributed by atoms with Crippen molar-refractivity contribution >= 4 is 5.91 Å². The molecule has 328 valence electrons. The molecule has 0 saturated heterocycles. The van der Waals surface area contributed by atoms with Crippen LogP contribution in [0, 0.1) is 0 Å². The van der Waals surface area contributed by atoms with Gasteiger partial charge in [0.05, 0.1) is 146 Å². The van der Waals surface area contributed by atoms with Crippen LogP contribution in [0.4, 0.5) is 0 Å². The van der Waals surface area contributed by atoms with E-state index >= 15 is 0 Å². The fourth-order valence-electron chi connectivity index (χ4n) is 4.29. The van der Waals surface area contributed by atoms with Crippen molar-refractivity contribution in [1.29, 1.82) is 0 Å². The second-order valence-corrected chi connectivity index (χ2v) is 15.1. The van der Waals surface area contributed by atoms with E-state index in [-0.39, 0.29) is 79.2 Å². The lowest BCUT2D eigenvalue weighted by Gasteiger charge is -2.23. The molecule has 1 N–H and O–H groups in total. The van der Waals surface area contributed by atoms with Gasteiger partial charge in [0.25, 0.3) is 0 Å². The van der Waals surface area contributed by atoms with Crippen LogP contribution in [0.1, 0.15) is 90.0 Å². The molecule has 0 aliphatic heterocycles. The summed E-state index contributed by atoms with van der Waals surface area (Å²) in [6.45, 7) is 34.4. The average Bonchev–Trinajstić information content (AvgIpc) is 3.16. The van der Waals surface area contributed by atoms with E-state index in [1.807, 2.05) is 83.1 Å². The van der Waals surface area contributed by atoms with Crippen LogP contribution in [0.2, 0.25) is 0 Å². The third-order valence-electron chi connectivity index (χ3n) is 8.11. The molecule has 0 bridgehead atoms. The van der Waals surface area contributed by atoms with Crippen LogP contribution in [0.25, 0.3) is 0 Å². The first kappa shape index (κ1) is 53.7. The van der Waals surface area contributed by atoms with Crippen molar-refractivity contribution in [1.82, 2.24) is 5.32 Å². The zero-order chi connectivity index (χ0) is 41.8. The molecule has 14 nitrogen and oxygen atoms in total. The monoisotopic (exact) mass is 796 g/mol. The van der Waals surface area contributed by atoms with E-state index in [4.69, 9.17) is 56.8 Å². The number of carbonyl (C=O) groups is 1. The quantitative estimate of drug-likeness (QED) is 0.0829. The normalized spacial score (nSPS) is 18.7. The summed E-state index contributed by atoms with van der Waals surface area (Å²) in [6, 6.07) is 0. The molecule has 1 amide bonds. The van der Waals surface area contributed by atoms with Crippen molar-refractivity contribution in [2.75, 3.05) is 86.3 Å². The van der Waals surface area contributed by atoms with Crippen molar-refractivity contribution in [2.45, 2.75) is 163 Å². The number of methoxy groups -OCH3 is 1. The van der Waals surface area contributed by atoms with Gasteiger partial charge >= 0.3 is 0 Å². The van der Waals surface area contributed by atoms with Gasteiger partial charge in [-0.25, -0.2) is 0 Å². The van der Waals surface area contributed by atoms with Crippen LogP contribution in [0.5, 0.6) is 0 Å². The van der Waals surface area contributed by atoms with Gasteiger partial charge in [0, 0.05) is 19.2 Å². The first-order valence-electron chi connectivity index (χ1n) is 20.2. The Hall–Kier alpha value is -1.27. The van der Waals surface area contributed by atoms with E-state index in [1.54, 1.807) is 14.0 Å². The first-order valence-corrected chi connectivity index (χ1v) is 20.2. The van der Waals surface area contributed by atoms with Gasteiger partial charge in [0.15, 0.2) is 0 Å². The summed E-state index contributed by atoms with van der Waals surface area (Å²) in [7, 11) is 1.67. The number of ether oxygens (including phenoxy) is 12. The predicted octanol–water partition coefficient (Wildman–Crippen LogP) is 5.17. The molecule has 0 aliphatic rings. The molecule has 14 heteroatoms. The van der Waals surface area contributed by atoms with Gasteiger partial charge in [0.2, 0.25) is 5.91 Å². The topological polar surface area (TPSA) is 140 Å². The van der Waals surface area contributed by atoms with Gasteiger partial charge in [-0.2, -0.15) is 0 Å². The molecule has 0 saturated carbocycles. The Morgan fingerprint density at radius 2 is 0.564 bits per heavy atom. The molecule has 0 aromatic rings. The second-order valence-electron chi connectivity index (χ2n) is 15.1. The molecule has 0 rings (SSSR count). The summed E-state index contributed by atoms with van der Waals surface area (Å²) >= 11 is 0. The molecule has 0 fully saturated rings. The lowest BCUT2D eigenvalue weighted by Crippen LogP contribution is -2.34. The molecule has 0 radical (unpaired) electrons. The summed E-state index contributed by atoms with van der Waals surface area (Å²) in [4.78, 5) is 11.6. The van der Waals surface area contributed by atoms with Crippen LogP contribution in [-0.4, -0.2) is 165 Å². The Kier molecular flexibility index (Phi) is 31.9. The lowest BCUT2D eigenvalue weighted by molar-refractivity contribution is -0.118. The van der Waals surface area contributed by atoms with Gasteiger partial charge < -0.3 is 62.2 Å². The first-order chi connectivity index (χ1) is 25.9. The Labute approximate surface area is 334 Å². The maximum Gasteiger partial charge on any atom is 0.246 e. The third kappa shape index (κ3) is 32.4. The minimum Gasteiger partial charge on any atom is -0.379 e. The number of hydrogen-bond donors (Lipinski definition) is 1. The maximum atomic E-state index is 11.6. The molecule has 0 aliphatic carbocycles. The molecule has 0 spiro atoms. The standard InChI is InChI=1S/C41H81NO13/c1-28(2)41(43)42-16-29(3)45-18-31(5)47-20-33(7)49-22-35(9)51-24-37(11)53-26-39(13)55-27-40(14)54-25-38(12)52-23-36(10)50-21-34(8)48-19-32(6)46-17-30(4)44-15/h29-40H,1,16-27H2,2-15H3,(H,42,43). The fourth-order valence-corrected chi connectivity index (χ4v) is 4.29. The summed E-state index contributed by atoms with van der Waals surface area (Å²) in [6.07, 6.45) is -0.893. The fraction of sp³-hybridized carbons (Fsp3) is 0.927. The van der Waals surface area contributed by atoms with E-state index in [1.165, 1.54) is 0 Å². The zero-order valence-corrected chi connectivity index (χ0v) is 36.9. The highest BCUT2D eigenvalue weighted by Gasteiger charge is 2.16. The minimum absolute atomic E-state index is 0.0153. The lowest BCUT2D eigenvalue weighted by atomic mass is 10.3. The Morgan fingerprint density at radius 1 is 0.382 bits per heavy atom. The minimum atomic E-state index is -0.171. The van der Waals surface area contributed by atoms with Crippen molar-refractivity contribution < 1.29 is 61.6 Å². The Balaban J connectivity index is 3.97. The average molecular weight is 796 g/mol. The van der Waals surface area contributed by atoms with Crippen LogP contribution < -0.4 is 5.32 Å². The van der Waals surface area contributed by atoms with Gasteiger partial charge in [-0.15, -0.1) is 0 Å². The largest absolute Gasteiger partial charge is 0.379 e. The van der Waals surface area contributed by atoms with Crippen molar-refractivity contribution in [3.63, 3.8) is 0 Å². The molecule has 0 aromatic carbocycles. The third-order valence-corrected chi connectivity index (χ3v) is 8.11. The molecule has 12 atom stereocenters. The Bertz CT molecular complexity index is 946. The number of rotatable bonds is 37. The molecule has 0 aromatic heterocycles. The number of carbonyl (C=O) groups excluding carboxylic acids is 1. The van der Waals surface area contributed by atoms with Crippen LogP contribution in [-0.2, 0) is 61.6 Å². The summed E-state index contributed by atoms with van der Waals surface area (Å²) in [5.74, 6) is -0.171. The highest BCUT2D eigenvalue weighted by molar-refractivity contribution is 5.92. The maximum absolute atomic E-state index is 11.6. The number of nitrogens with one attached hydrogen (secondary N) is 1. The van der Waals surface area contributed by atoms with Crippen LogP contribution >= 0.6 is 0 Å². The van der Waals surface area contributed by atoms with E-state index in [2.05, 4.69) is 11.9 Å². The van der Waals surface area contributed by atoms with Crippen molar-refractivity contribution in [2.24, 2.45) is 0 Å². The Morgan fingerprint density at radius 3 is 0.745 bits per heavy atom. The summed E-state index contributed by atoms with van der Waals surface area (Å²) in [5, 5.41) is 2.78. The summed E-state index contributed by atoms with van der Waals surface area (Å²) < 4.78 is 69.9. The molecular formula is C41H81NO13. The highest BCUT2D eigenvalue weighted by atomic mass is 16.6. The van der Waals surface area contributed by atoms with Crippen molar-refractivity contribution in [3.8, 4) is 0 Å². The van der Waals surface area contributed by atoms with E-state index in [0.29, 0.717) is 84.8 Å². The van der Waals surface area contributed by atoms with E-state index in [0.717, 1.165) is 0 Å². The second kappa shape index (κ2) is 32.7. The van der Waals surface area contributed by atoms with Crippen LogP contribution in [0.3, 0.4) is 0 Å². The predicted molar refractivity (Wildman–Crippen MR) is 214 cm³/mol. The molecular weight excluding hydrogens is 714 g/mol. The summed E-state index contributed by atoms with van der Waals surface area (Å²) in [5.41, 5.74) is 0.473. The SMILES string of the molecule is C=C(C)C(=O)NCC(C)OCC(C)OCC(C)OCC(C)OCC(C)OCC(C)OCC(C)OCC(C)OCC(C)OCC(C)OCC(C)OCC(C)OC. The molecule has 12 unspecified atom stereocenters. The zero-order valence-electron chi connectivity index (χ0n) is 36.9. The molecule has 0 heterocycles. The van der Waals surface area contributed by atoms with E-state index in [9.17, 15) is 4.79 Å². The van der Waals surface area contributed by atoms with E-state index < -0.39 is 0 Å². The number of hydrogen-bond acceptors (Lipinski definition) is 13. The van der Waals surface area contributed by atoms with Crippen molar-refractivity contribution in [3.05, 3.63) is 12.2 Å². The van der Waals surface area contributed by atoms with Gasteiger partial charge in [-0.3, -0.25) is 4.79 Å². The van der Waals surface area contributed by atoms with Crippen LogP contribution in [0.15, 0.2) is 12.2 Å². The van der Waals surface area contributed by atoms with Gasteiger partial charge in [-0.05, 0) is 90.0 Å². The van der Waals surface area contributed by atoms with Gasteiger partial charge in [0.1, 0.15) is 0 Å².